The van der Waals surface area contributed by atoms with Gasteiger partial charge in [-0.15, -0.1) is 0 Å². The van der Waals surface area contributed by atoms with Crippen molar-refractivity contribution in [3.63, 3.8) is 0 Å². The molecule has 1 aromatic carbocycles. The highest BCUT2D eigenvalue weighted by Crippen LogP contribution is 2.19. The molecule has 4 heteroatoms. The summed E-state index contributed by atoms with van der Waals surface area (Å²) < 4.78 is 5.34. The summed E-state index contributed by atoms with van der Waals surface area (Å²) in [5, 5.41) is 17.6. The van der Waals surface area contributed by atoms with E-state index in [9.17, 15) is 4.79 Å². The fraction of sp³-hybridized carbons (Fsp3) is 0.333. The summed E-state index contributed by atoms with van der Waals surface area (Å²) in [4.78, 5) is 10.8. The zero-order valence-electron chi connectivity index (χ0n) is 9.23. The van der Waals surface area contributed by atoms with Crippen LogP contribution in [-0.4, -0.2) is 17.7 Å². The van der Waals surface area contributed by atoms with E-state index in [0.29, 0.717) is 11.3 Å². The zero-order chi connectivity index (χ0) is 12.2. The van der Waals surface area contributed by atoms with Crippen LogP contribution in [0.5, 0.6) is 5.75 Å². The molecule has 0 spiro atoms. The first-order valence-corrected chi connectivity index (χ1v) is 4.82. The maximum absolute atomic E-state index is 10.8. The van der Waals surface area contributed by atoms with Gasteiger partial charge < -0.3 is 9.84 Å². The van der Waals surface area contributed by atoms with Crippen LogP contribution in [0.3, 0.4) is 0 Å². The highest BCUT2D eigenvalue weighted by atomic mass is 16.5. The Balaban J connectivity index is 2.69. The Hall–Kier alpha value is -2.02. The lowest BCUT2D eigenvalue weighted by atomic mass is 9.95. The van der Waals surface area contributed by atoms with Gasteiger partial charge in [-0.3, -0.25) is 4.79 Å². The molecule has 1 rings (SSSR count). The standard InChI is InChI=1S/C12H13NO3/c1-12(2,11(14)15)8-16-10-5-3-4-9(6-10)7-13/h3-6H,8H2,1-2H3,(H,14,15). The van der Waals surface area contributed by atoms with Crippen molar-refractivity contribution in [2.45, 2.75) is 13.8 Å². The molecular weight excluding hydrogens is 206 g/mol. The number of benzene rings is 1. The van der Waals surface area contributed by atoms with Gasteiger partial charge in [0, 0.05) is 0 Å². The number of carbonyl (C=O) groups is 1. The van der Waals surface area contributed by atoms with Crippen LogP contribution in [0.1, 0.15) is 19.4 Å². The maximum atomic E-state index is 10.8. The van der Waals surface area contributed by atoms with Crippen LogP contribution in [0.4, 0.5) is 0 Å². The first-order valence-electron chi connectivity index (χ1n) is 4.82. The summed E-state index contributed by atoms with van der Waals surface area (Å²) in [6.07, 6.45) is 0. The summed E-state index contributed by atoms with van der Waals surface area (Å²) in [7, 11) is 0. The molecule has 1 N–H and O–H groups in total. The Labute approximate surface area is 94.1 Å². The van der Waals surface area contributed by atoms with Gasteiger partial charge in [0.15, 0.2) is 0 Å². The van der Waals surface area contributed by atoms with Gasteiger partial charge in [-0.05, 0) is 32.0 Å². The van der Waals surface area contributed by atoms with Crippen LogP contribution in [0.2, 0.25) is 0 Å². The van der Waals surface area contributed by atoms with Crippen molar-refractivity contribution >= 4 is 5.97 Å². The van der Waals surface area contributed by atoms with E-state index in [4.69, 9.17) is 15.1 Å². The SMILES string of the molecule is CC(C)(COc1cccc(C#N)c1)C(=O)O. The quantitative estimate of drug-likeness (QED) is 0.841. The summed E-state index contributed by atoms with van der Waals surface area (Å²) in [6.45, 7) is 3.24. The summed E-state index contributed by atoms with van der Waals surface area (Å²) in [5.74, 6) is -0.405. The molecule has 0 saturated carbocycles. The second-order valence-corrected chi connectivity index (χ2v) is 4.12. The van der Waals surface area contributed by atoms with Crippen molar-refractivity contribution in [1.29, 1.82) is 5.26 Å². The fourth-order valence-electron chi connectivity index (χ4n) is 0.981. The molecule has 0 heterocycles. The van der Waals surface area contributed by atoms with Crippen LogP contribution >= 0.6 is 0 Å². The highest BCUT2D eigenvalue weighted by Gasteiger charge is 2.28. The Morgan fingerprint density at radius 3 is 2.81 bits per heavy atom. The lowest BCUT2D eigenvalue weighted by Crippen LogP contribution is -2.30. The number of ether oxygens (including phenoxy) is 1. The molecule has 84 valence electrons. The van der Waals surface area contributed by atoms with Gasteiger partial charge in [0.25, 0.3) is 0 Å². The molecular formula is C12H13NO3. The molecule has 0 aliphatic carbocycles. The molecule has 0 aliphatic heterocycles. The first kappa shape index (κ1) is 12.1. The first-order chi connectivity index (χ1) is 7.45. The largest absolute Gasteiger partial charge is 0.492 e. The number of hydrogen-bond acceptors (Lipinski definition) is 3. The van der Waals surface area contributed by atoms with E-state index in [-0.39, 0.29) is 6.61 Å². The summed E-state index contributed by atoms with van der Waals surface area (Å²) in [6, 6.07) is 8.62. The van der Waals surface area contributed by atoms with Crippen LogP contribution < -0.4 is 4.74 Å². The van der Waals surface area contributed by atoms with E-state index in [1.54, 1.807) is 38.1 Å². The Kier molecular flexibility index (Phi) is 3.51. The van der Waals surface area contributed by atoms with Gasteiger partial charge >= 0.3 is 5.97 Å². The average molecular weight is 219 g/mol. The molecule has 0 atom stereocenters. The second kappa shape index (κ2) is 4.67. The molecule has 0 aliphatic rings. The number of hydrogen-bond donors (Lipinski definition) is 1. The van der Waals surface area contributed by atoms with Crippen molar-refractivity contribution in [2.75, 3.05) is 6.61 Å². The molecule has 0 radical (unpaired) electrons. The third-order valence-electron chi connectivity index (χ3n) is 2.14. The molecule has 4 nitrogen and oxygen atoms in total. The molecule has 0 unspecified atom stereocenters. The van der Waals surface area contributed by atoms with E-state index in [1.165, 1.54) is 0 Å². The van der Waals surface area contributed by atoms with Crippen molar-refractivity contribution in [3.8, 4) is 11.8 Å². The normalized spacial score (nSPS) is 10.6. The average Bonchev–Trinajstić information content (AvgIpc) is 2.26. The van der Waals surface area contributed by atoms with Crippen molar-refractivity contribution in [1.82, 2.24) is 0 Å². The predicted molar refractivity (Wildman–Crippen MR) is 58.1 cm³/mol. The third-order valence-corrected chi connectivity index (χ3v) is 2.14. The van der Waals surface area contributed by atoms with E-state index >= 15 is 0 Å². The summed E-state index contributed by atoms with van der Waals surface area (Å²) in [5.41, 5.74) is -0.450. The third kappa shape index (κ3) is 2.99. The smallest absolute Gasteiger partial charge is 0.312 e. The van der Waals surface area contributed by atoms with Gasteiger partial charge in [0.2, 0.25) is 0 Å². The lowest BCUT2D eigenvalue weighted by Gasteiger charge is -2.19. The molecule has 1 aromatic rings. The highest BCUT2D eigenvalue weighted by molar-refractivity contribution is 5.73. The number of carboxylic acids is 1. The van der Waals surface area contributed by atoms with Gasteiger partial charge in [0.1, 0.15) is 12.4 Å². The second-order valence-electron chi connectivity index (χ2n) is 4.12. The van der Waals surface area contributed by atoms with Gasteiger partial charge in [-0.1, -0.05) is 6.07 Å². The number of nitriles is 1. The van der Waals surface area contributed by atoms with Crippen molar-refractivity contribution in [3.05, 3.63) is 29.8 Å². The molecule has 0 aromatic heterocycles. The topological polar surface area (TPSA) is 70.3 Å². The number of carboxylic acid groups (broad SMARTS) is 1. The van der Waals surface area contributed by atoms with Gasteiger partial charge in [-0.25, -0.2) is 0 Å². The number of nitrogens with zero attached hydrogens (tertiary/aromatic N) is 1. The Bertz CT molecular complexity index is 432. The summed E-state index contributed by atoms with van der Waals surface area (Å²) >= 11 is 0. The van der Waals surface area contributed by atoms with Crippen LogP contribution in [-0.2, 0) is 4.79 Å². The molecule has 0 saturated heterocycles. The van der Waals surface area contributed by atoms with Crippen LogP contribution in [0.25, 0.3) is 0 Å². The Morgan fingerprint density at radius 2 is 2.25 bits per heavy atom. The fourth-order valence-corrected chi connectivity index (χ4v) is 0.981. The monoisotopic (exact) mass is 219 g/mol. The van der Waals surface area contributed by atoms with Crippen LogP contribution in [0, 0.1) is 16.7 Å². The molecule has 0 fully saturated rings. The van der Waals surface area contributed by atoms with Crippen molar-refractivity contribution in [2.24, 2.45) is 5.41 Å². The minimum absolute atomic E-state index is 0.0667. The van der Waals surface area contributed by atoms with Crippen LogP contribution in [0.15, 0.2) is 24.3 Å². The van der Waals surface area contributed by atoms with Gasteiger partial charge in [-0.2, -0.15) is 5.26 Å². The molecule has 0 bridgehead atoms. The molecule has 16 heavy (non-hydrogen) atoms. The number of rotatable bonds is 4. The van der Waals surface area contributed by atoms with E-state index in [0.717, 1.165) is 0 Å². The van der Waals surface area contributed by atoms with E-state index in [2.05, 4.69) is 0 Å². The lowest BCUT2D eigenvalue weighted by molar-refractivity contribution is -0.148. The van der Waals surface area contributed by atoms with Crippen molar-refractivity contribution < 1.29 is 14.6 Å². The van der Waals surface area contributed by atoms with E-state index in [1.807, 2.05) is 6.07 Å². The minimum Gasteiger partial charge on any atom is -0.492 e. The predicted octanol–water partition coefficient (Wildman–Crippen LogP) is 2.05. The Morgan fingerprint density at radius 1 is 1.56 bits per heavy atom. The minimum atomic E-state index is -0.942. The zero-order valence-corrected chi connectivity index (χ0v) is 9.23. The maximum Gasteiger partial charge on any atom is 0.312 e. The van der Waals surface area contributed by atoms with E-state index < -0.39 is 11.4 Å². The van der Waals surface area contributed by atoms with Gasteiger partial charge in [0.05, 0.1) is 17.0 Å². The number of aliphatic carboxylic acids is 1. The molecule has 0 amide bonds.